The van der Waals surface area contributed by atoms with Gasteiger partial charge >= 0.3 is 0 Å². The van der Waals surface area contributed by atoms with Crippen LogP contribution in [0.2, 0.25) is 0 Å². The molecule has 3 heteroatoms. The van der Waals surface area contributed by atoms with Gasteiger partial charge in [-0.3, -0.25) is 0 Å². The van der Waals surface area contributed by atoms with Gasteiger partial charge in [-0.2, -0.15) is 0 Å². The van der Waals surface area contributed by atoms with E-state index < -0.39 is 0 Å². The van der Waals surface area contributed by atoms with Crippen molar-refractivity contribution in [3.05, 3.63) is 48.0 Å². The van der Waals surface area contributed by atoms with Gasteiger partial charge in [-0.15, -0.1) is 0 Å². The van der Waals surface area contributed by atoms with E-state index in [-0.39, 0.29) is 0 Å². The predicted molar refractivity (Wildman–Crippen MR) is 80.2 cm³/mol. The lowest BCUT2D eigenvalue weighted by molar-refractivity contribution is 0.174. The molecule has 0 radical (unpaired) electrons. The fourth-order valence-corrected chi connectivity index (χ4v) is 3.07. The van der Waals surface area contributed by atoms with Gasteiger partial charge in [0.1, 0.15) is 0 Å². The summed E-state index contributed by atoms with van der Waals surface area (Å²) in [6.45, 7) is 5.09. The van der Waals surface area contributed by atoms with Crippen molar-refractivity contribution in [1.82, 2.24) is 0 Å². The largest absolute Gasteiger partial charge is 0.454 e. The summed E-state index contributed by atoms with van der Waals surface area (Å²) in [5.74, 6) is 1.68. The molecule has 2 aliphatic heterocycles. The molecular weight excluding hydrogens is 250 g/mol. The number of hydrogen-bond acceptors (Lipinski definition) is 3. The Morgan fingerprint density at radius 2 is 1.95 bits per heavy atom. The summed E-state index contributed by atoms with van der Waals surface area (Å²) >= 11 is 0. The number of fused-ring (bicyclic) bond motifs is 4. The van der Waals surface area contributed by atoms with E-state index in [1.807, 2.05) is 6.08 Å². The Kier molecular flexibility index (Phi) is 2.30. The first-order valence-corrected chi connectivity index (χ1v) is 6.67. The first-order valence-electron chi connectivity index (χ1n) is 6.67. The number of rotatable bonds is 1. The molecule has 100 valence electrons. The van der Waals surface area contributed by atoms with E-state index in [1.165, 1.54) is 22.4 Å². The zero-order valence-electron chi connectivity index (χ0n) is 11.3. The quantitative estimate of drug-likeness (QED) is 0.785. The van der Waals surface area contributed by atoms with Crippen molar-refractivity contribution < 1.29 is 9.47 Å². The summed E-state index contributed by atoms with van der Waals surface area (Å²) < 4.78 is 11.0. The molecule has 0 saturated carbocycles. The molecule has 0 aromatic heterocycles. The summed E-state index contributed by atoms with van der Waals surface area (Å²) in [4.78, 5) is 2.26. The number of anilines is 1. The molecule has 0 bridgehead atoms. The highest BCUT2D eigenvalue weighted by molar-refractivity contribution is 5.89. The maximum atomic E-state index is 5.51. The second-order valence-corrected chi connectivity index (χ2v) is 5.17. The molecule has 2 aromatic carbocycles. The van der Waals surface area contributed by atoms with Gasteiger partial charge < -0.3 is 14.4 Å². The van der Waals surface area contributed by atoms with Crippen LogP contribution in [0.5, 0.6) is 11.5 Å². The fraction of sp³-hybridized carbons (Fsp3) is 0.176. The molecule has 2 aliphatic rings. The lowest BCUT2D eigenvalue weighted by atomic mass is 9.91. The Hall–Kier alpha value is -2.42. The van der Waals surface area contributed by atoms with E-state index in [4.69, 9.17) is 9.47 Å². The molecule has 3 nitrogen and oxygen atoms in total. The van der Waals surface area contributed by atoms with E-state index in [0.29, 0.717) is 6.79 Å². The first-order chi connectivity index (χ1) is 9.78. The number of ether oxygens (including phenoxy) is 2. The van der Waals surface area contributed by atoms with E-state index >= 15 is 0 Å². The minimum atomic E-state index is 0.313. The second-order valence-electron chi connectivity index (χ2n) is 5.17. The van der Waals surface area contributed by atoms with Crippen molar-refractivity contribution in [3.63, 3.8) is 0 Å². The molecular formula is C17H15NO2. The maximum Gasteiger partial charge on any atom is 0.231 e. The minimum absolute atomic E-state index is 0.313. The first kappa shape index (κ1) is 11.4. The zero-order chi connectivity index (χ0) is 13.7. The molecule has 0 fully saturated rings. The van der Waals surface area contributed by atoms with Crippen LogP contribution in [0.25, 0.3) is 17.2 Å². The molecule has 4 rings (SSSR count). The fourth-order valence-electron chi connectivity index (χ4n) is 3.07. The van der Waals surface area contributed by atoms with Crippen molar-refractivity contribution in [2.45, 2.75) is 6.54 Å². The average Bonchev–Trinajstić information content (AvgIpc) is 2.92. The highest BCUT2D eigenvalue weighted by atomic mass is 16.7. The highest BCUT2D eigenvalue weighted by Crippen LogP contribution is 2.46. The number of nitrogens with zero attached hydrogens (tertiary/aromatic N) is 1. The molecule has 0 atom stereocenters. The van der Waals surface area contributed by atoms with Crippen molar-refractivity contribution in [2.24, 2.45) is 0 Å². The maximum absolute atomic E-state index is 5.51. The van der Waals surface area contributed by atoms with Crippen molar-refractivity contribution >= 4 is 11.8 Å². The van der Waals surface area contributed by atoms with E-state index in [1.54, 1.807) is 0 Å². The number of para-hydroxylation sites is 1. The summed E-state index contributed by atoms with van der Waals surface area (Å²) in [7, 11) is 2.11. The molecule has 2 heterocycles. The topological polar surface area (TPSA) is 21.7 Å². The molecule has 2 aromatic rings. The summed E-state index contributed by atoms with van der Waals surface area (Å²) in [5, 5.41) is 0. The predicted octanol–water partition coefficient (Wildman–Crippen LogP) is 3.68. The van der Waals surface area contributed by atoms with Crippen LogP contribution in [0.3, 0.4) is 0 Å². The van der Waals surface area contributed by atoms with Crippen LogP contribution in [-0.2, 0) is 6.54 Å². The Morgan fingerprint density at radius 3 is 2.75 bits per heavy atom. The van der Waals surface area contributed by atoms with Gasteiger partial charge in [-0.1, -0.05) is 30.9 Å². The Labute approximate surface area is 118 Å². The monoisotopic (exact) mass is 265 g/mol. The van der Waals surface area contributed by atoms with Crippen LogP contribution in [0.1, 0.15) is 11.1 Å². The van der Waals surface area contributed by atoms with E-state index in [0.717, 1.165) is 23.6 Å². The number of benzene rings is 2. The molecule has 0 amide bonds. The minimum Gasteiger partial charge on any atom is -0.454 e. The summed E-state index contributed by atoms with van der Waals surface area (Å²) in [6.07, 6.45) is 1.91. The average molecular weight is 265 g/mol. The van der Waals surface area contributed by atoms with Gasteiger partial charge in [-0.25, -0.2) is 0 Å². The van der Waals surface area contributed by atoms with Crippen molar-refractivity contribution in [1.29, 1.82) is 0 Å². The third-order valence-electron chi connectivity index (χ3n) is 3.96. The molecule has 0 saturated heterocycles. The number of hydrogen-bond donors (Lipinski definition) is 0. The van der Waals surface area contributed by atoms with Crippen LogP contribution >= 0.6 is 0 Å². The van der Waals surface area contributed by atoms with Crippen LogP contribution in [0.4, 0.5) is 5.69 Å². The van der Waals surface area contributed by atoms with Crippen LogP contribution in [-0.4, -0.2) is 13.8 Å². The Morgan fingerprint density at radius 1 is 1.15 bits per heavy atom. The van der Waals surface area contributed by atoms with Crippen LogP contribution < -0.4 is 14.4 Å². The van der Waals surface area contributed by atoms with E-state index in [2.05, 4.69) is 48.9 Å². The highest BCUT2D eigenvalue weighted by Gasteiger charge is 2.25. The molecule has 0 unspecified atom stereocenters. The summed E-state index contributed by atoms with van der Waals surface area (Å²) in [5.41, 5.74) is 6.11. The lowest BCUT2D eigenvalue weighted by Crippen LogP contribution is -2.22. The SMILES string of the molecule is C=Cc1cccc2c1N(C)Cc1cc3c(cc1-2)OCO3. The Balaban J connectivity index is 2.00. The molecule has 0 N–H and O–H groups in total. The van der Waals surface area contributed by atoms with Crippen molar-refractivity contribution in [3.8, 4) is 22.6 Å². The third kappa shape index (κ3) is 1.46. The second kappa shape index (κ2) is 4.04. The third-order valence-corrected chi connectivity index (χ3v) is 3.96. The molecule has 20 heavy (non-hydrogen) atoms. The smallest absolute Gasteiger partial charge is 0.231 e. The van der Waals surface area contributed by atoms with Gasteiger partial charge in [0, 0.05) is 19.2 Å². The van der Waals surface area contributed by atoms with Crippen molar-refractivity contribution in [2.75, 3.05) is 18.7 Å². The molecule has 0 spiro atoms. The standard InChI is InChI=1S/C17H15NO2/c1-3-11-5-4-6-13-14-8-16-15(19-10-20-16)7-12(14)9-18(2)17(11)13/h3-8H,1,9-10H2,2H3. The molecule has 0 aliphatic carbocycles. The van der Waals surface area contributed by atoms with Gasteiger partial charge in [0.2, 0.25) is 6.79 Å². The van der Waals surface area contributed by atoms with Gasteiger partial charge in [0.05, 0.1) is 5.69 Å². The van der Waals surface area contributed by atoms with Gasteiger partial charge in [-0.05, 0) is 28.8 Å². The lowest BCUT2D eigenvalue weighted by Gasteiger charge is -2.31. The van der Waals surface area contributed by atoms with Gasteiger partial charge in [0.25, 0.3) is 0 Å². The van der Waals surface area contributed by atoms with Crippen LogP contribution in [0, 0.1) is 0 Å². The Bertz CT molecular complexity index is 721. The summed E-state index contributed by atoms with van der Waals surface area (Å²) in [6, 6.07) is 10.5. The van der Waals surface area contributed by atoms with Crippen LogP contribution in [0.15, 0.2) is 36.9 Å². The zero-order valence-corrected chi connectivity index (χ0v) is 11.3. The van der Waals surface area contributed by atoms with Gasteiger partial charge in [0.15, 0.2) is 11.5 Å². The van der Waals surface area contributed by atoms with E-state index in [9.17, 15) is 0 Å². The normalized spacial score (nSPS) is 14.8.